The van der Waals surface area contributed by atoms with Crippen molar-refractivity contribution in [2.45, 2.75) is 52.1 Å². The first-order chi connectivity index (χ1) is 9.58. The van der Waals surface area contributed by atoms with E-state index < -0.39 is 29.5 Å². The van der Waals surface area contributed by atoms with Crippen molar-refractivity contribution >= 4 is 17.9 Å². The van der Waals surface area contributed by atoms with Crippen molar-refractivity contribution in [1.29, 1.82) is 0 Å². The van der Waals surface area contributed by atoms with E-state index in [1.165, 1.54) is 0 Å². The molecule has 3 amide bonds. The number of amides is 3. The summed E-state index contributed by atoms with van der Waals surface area (Å²) in [5.74, 6) is -1.08. The second-order valence-corrected chi connectivity index (χ2v) is 6.71. The molecule has 2 unspecified atom stereocenters. The summed E-state index contributed by atoms with van der Waals surface area (Å²) in [5, 5.41) is 14.1. The Morgan fingerprint density at radius 1 is 1.29 bits per heavy atom. The van der Waals surface area contributed by atoms with Crippen molar-refractivity contribution in [3.8, 4) is 0 Å². The minimum atomic E-state index is -0.923. The van der Waals surface area contributed by atoms with E-state index in [4.69, 9.17) is 0 Å². The molecule has 0 bridgehead atoms. The Bertz CT molecular complexity index is 417. The first kappa shape index (κ1) is 17.4. The van der Waals surface area contributed by atoms with Gasteiger partial charge >= 0.3 is 12.0 Å². The van der Waals surface area contributed by atoms with Gasteiger partial charge in [-0.05, 0) is 46.1 Å². The molecule has 1 fully saturated rings. The number of hydrogen-bond donors (Lipinski definition) is 3. The van der Waals surface area contributed by atoms with Crippen molar-refractivity contribution in [2.24, 2.45) is 5.92 Å². The average Bonchev–Trinajstić information content (AvgIpc) is 2.28. The fourth-order valence-corrected chi connectivity index (χ4v) is 2.36. The number of hydrogen-bond acceptors (Lipinski definition) is 4. The Balaban J connectivity index is 2.53. The predicted molar refractivity (Wildman–Crippen MR) is 77.8 cm³/mol. The average molecular weight is 299 g/mol. The summed E-state index contributed by atoms with van der Waals surface area (Å²) in [7, 11) is 0. The zero-order valence-corrected chi connectivity index (χ0v) is 13.1. The Morgan fingerprint density at radius 3 is 2.43 bits per heavy atom. The van der Waals surface area contributed by atoms with Crippen molar-refractivity contribution in [1.82, 2.24) is 15.5 Å². The van der Waals surface area contributed by atoms with Crippen LogP contribution >= 0.6 is 0 Å². The lowest BCUT2D eigenvalue weighted by Crippen LogP contribution is -2.53. The molecular formula is C14H25N3O4. The molecular weight excluding hydrogens is 274 g/mol. The molecule has 3 N–H and O–H groups in total. The smallest absolute Gasteiger partial charge is 0.321 e. The highest BCUT2D eigenvalue weighted by Crippen LogP contribution is 2.22. The summed E-state index contributed by atoms with van der Waals surface area (Å²) < 4.78 is 0. The molecule has 1 saturated heterocycles. The molecule has 1 aliphatic rings. The van der Waals surface area contributed by atoms with E-state index in [1.807, 2.05) is 27.7 Å². The van der Waals surface area contributed by atoms with Gasteiger partial charge in [-0.1, -0.05) is 6.92 Å². The summed E-state index contributed by atoms with van der Waals surface area (Å²) in [6.45, 7) is 7.90. The molecule has 21 heavy (non-hydrogen) atoms. The van der Waals surface area contributed by atoms with Gasteiger partial charge in [0, 0.05) is 5.54 Å². The summed E-state index contributed by atoms with van der Waals surface area (Å²) in [6.07, 6.45) is 1.38. The summed E-state index contributed by atoms with van der Waals surface area (Å²) in [4.78, 5) is 36.3. The molecule has 0 aromatic rings. The van der Waals surface area contributed by atoms with Crippen molar-refractivity contribution < 1.29 is 19.5 Å². The third kappa shape index (κ3) is 6.12. The van der Waals surface area contributed by atoms with Crippen LogP contribution in [-0.2, 0) is 9.59 Å². The van der Waals surface area contributed by atoms with Gasteiger partial charge in [0.15, 0.2) is 0 Å². The summed E-state index contributed by atoms with van der Waals surface area (Å²) in [6, 6.07) is -1.23. The Hall–Kier alpha value is -1.63. The standard InChI is InChI=1S/C14H25N3O4/c1-9-5-6-17(10(7-9)12(19)20)8-11(18)15-13(21)16-14(2,3)4/h9-10H,5-8H2,1-4H3,(H,19,20)(H2,15,16,18,21). The molecule has 0 aromatic carbocycles. The first-order valence-electron chi connectivity index (χ1n) is 7.17. The molecule has 0 aromatic heterocycles. The molecule has 1 heterocycles. The van der Waals surface area contributed by atoms with Crippen LogP contribution in [0.1, 0.15) is 40.5 Å². The fourth-order valence-electron chi connectivity index (χ4n) is 2.36. The minimum absolute atomic E-state index is 0.0821. The molecule has 0 radical (unpaired) electrons. The number of piperidine rings is 1. The van der Waals surface area contributed by atoms with E-state index in [1.54, 1.807) is 4.90 Å². The van der Waals surface area contributed by atoms with E-state index in [0.29, 0.717) is 18.9 Å². The van der Waals surface area contributed by atoms with Crippen LogP contribution in [0.15, 0.2) is 0 Å². The molecule has 0 aliphatic carbocycles. The zero-order chi connectivity index (χ0) is 16.2. The number of nitrogens with one attached hydrogen (secondary N) is 2. The second-order valence-electron chi connectivity index (χ2n) is 6.71. The monoisotopic (exact) mass is 299 g/mol. The molecule has 120 valence electrons. The predicted octanol–water partition coefficient (Wildman–Crippen LogP) is 0.796. The quantitative estimate of drug-likeness (QED) is 0.716. The fraction of sp³-hybridized carbons (Fsp3) is 0.786. The Morgan fingerprint density at radius 2 is 1.90 bits per heavy atom. The largest absolute Gasteiger partial charge is 0.480 e. The van der Waals surface area contributed by atoms with E-state index in [2.05, 4.69) is 10.6 Å². The van der Waals surface area contributed by atoms with Crippen LogP contribution in [0.5, 0.6) is 0 Å². The summed E-state index contributed by atoms with van der Waals surface area (Å²) >= 11 is 0. The highest BCUT2D eigenvalue weighted by atomic mass is 16.4. The molecule has 1 aliphatic heterocycles. The topological polar surface area (TPSA) is 98.7 Å². The molecule has 7 nitrogen and oxygen atoms in total. The number of imide groups is 1. The Kier molecular flexibility index (Phi) is 5.71. The lowest BCUT2D eigenvalue weighted by atomic mass is 9.92. The maximum Gasteiger partial charge on any atom is 0.321 e. The van der Waals surface area contributed by atoms with Crippen LogP contribution < -0.4 is 10.6 Å². The molecule has 1 rings (SSSR count). The maximum atomic E-state index is 11.9. The number of aliphatic carboxylic acids is 1. The highest BCUT2D eigenvalue weighted by molar-refractivity contribution is 5.95. The number of carboxylic acids is 1. The van der Waals surface area contributed by atoms with Gasteiger partial charge in [0.1, 0.15) is 6.04 Å². The lowest BCUT2D eigenvalue weighted by molar-refractivity contribution is -0.146. The maximum absolute atomic E-state index is 11.9. The van der Waals surface area contributed by atoms with Crippen molar-refractivity contribution in [3.05, 3.63) is 0 Å². The Labute approximate surface area is 125 Å². The van der Waals surface area contributed by atoms with Gasteiger partial charge in [-0.25, -0.2) is 4.79 Å². The van der Waals surface area contributed by atoms with Gasteiger partial charge in [0.25, 0.3) is 0 Å². The third-order valence-corrected chi connectivity index (χ3v) is 3.35. The SMILES string of the molecule is CC1CCN(CC(=O)NC(=O)NC(C)(C)C)C(C(=O)O)C1. The van der Waals surface area contributed by atoms with Gasteiger partial charge in [-0.3, -0.25) is 19.8 Å². The number of carbonyl (C=O) groups excluding carboxylic acids is 2. The molecule has 0 spiro atoms. The van der Waals surface area contributed by atoms with Gasteiger partial charge in [0.2, 0.25) is 5.91 Å². The zero-order valence-electron chi connectivity index (χ0n) is 13.1. The number of nitrogens with zero attached hydrogens (tertiary/aromatic N) is 1. The van der Waals surface area contributed by atoms with E-state index in [9.17, 15) is 19.5 Å². The van der Waals surface area contributed by atoms with Crippen molar-refractivity contribution in [2.75, 3.05) is 13.1 Å². The number of carbonyl (C=O) groups is 3. The molecule has 2 atom stereocenters. The van der Waals surface area contributed by atoms with E-state index >= 15 is 0 Å². The highest BCUT2D eigenvalue weighted by Gasteiger charge is 2.33. The number of likely N-dealkylation sites (tertiary alicyclic amines) is 1. The van der Waals surface area contributed by atoms with Gasteiger partial charge in [-0.2, -0.15) is 0 Å². The van der Waals surface area contributed by atoms with E-state index in [0.717, 1.165) is 6.42 Å². The number of carboxylic acid groups (broad SMARTS) is 1. The summed E-state index contributed by atoms with van der Waals surface area (Å²) in [5.41, 5.74) is -0.436. The third-order valence-electron chi connectivity index (χ3n) is 3.35. The van der Waals surface area contributed by atoms with Gasteiger partial charge < -0.3 is 10.4 Å². The molecule has 0 saturated carbocycles. The normalized spacial score (nSPS) is 23.4. The van der Waals surface area contributed by atoms with Crippen LogP contribution in [0.25, 0.3) is 0 Å². The van der Waals surface area contributed by atoms with Crippen molar-refractivity contribution in [3.63, 3.8) is 0 Å². The van der Waals surface area contributed by atoms with Gasteiger partial charge in [-0.15, -0.1) is 0 Å². The minimum Gasteiger partial charge on any atom is -0.480 e. The van der Waals surface area contributed by atoms with Gasteiger partial charge in [0.05, 0.1) is 6.54 Å². The number of urea groups is 1. The lowest BCUT2D eigenvalue weighted by Gasteiger charge is -2.35. The van der Waals surface area contributed by atoms with Crippen LogP contribution in [0, 0.1) is 5.92 Å². The number of rotatable bonds is 3. The first-order valence-corrected chi connectivity index (χ1v) is 7.17. The van der Waals surface area contributed by atoms with E-state index in [-0.39, 0.29) is 6.54 Å². The van der Waals surface area contributed by atoms with Crippen LogP contribution in [-0.4, -0.2) is 52.6 Å². The molecule has 7 heteroatoms. The van der Waals surface area contributed by atoms with Crippen LogP contribution in [0.3, 0.4) is 0 Å². The van der Waals surface area contributed by atoms with Crippen LogP contribution in [0.4, 0.5) is 4.79 Å². The van der Waals surface area contributed by atoms with Crippen LogP contribution in [0.2, 0.25) is 0 Å². The second kappa shape index (κ2) is 6.89.